The zero-order valence-corrected chi connectivity index (χ0v) is 11.6. The van der Waals surface area contributed by atoms with Crippen molar-refractivity contribution in [3.63, 3.8) is 0 Å². The zero-order valence-electron chi connectivity index (χ0n) is 11.6. The SMILES string of the molecule is CCn1cc(CCNC2(C(=O)O)CCCCC2)cn1. The number of carbonyl (C=O) groups is 1. The third-order valence-corrected chi connectivity index (χ3v) is 4.00. The average molecular weight is 265 g/mol. The molecule has 106 valence electrons. The van der Waals surface area contributed by atoms with Gasteiger partial charge in [0.05, 0.1) is 6.20 Å². The normalized spacial score (nSPS) is 18.4. The summed E-state index contributed by atoms with van der Waals surface area (Å²) < 4.78 is 1.89. The standard InChI is InChI=1S/C14H23N3O2/c1-2-17-11-12(10-16-17)6-9-15-14(13(18)19)7-4-3-5-8-14/h10-11,15H,2-9H2,1H3,(H,18,19). The molecule has 1 heterocycles. The van der Waals surface area contributed by atoms with Gasteiger partial charge in [0.15, 0.2) is 0 Å². The molecule has 0 bridgehead atoms. The first-order valence-corrected chi connectivity index (χ1v) is 7.16. The molecule has 2 rings (SSSR count). The second kappa shape index (κ2) is 6.19. The molecule has 0 aromatic carbocycles. The van der Waals surface area contributed by atoms with Crippen molar-refractivity contribution in [1.82, 2.24) is 15.1 Å². The smallest absolute Gasteiger partial charge is 0.323 e. The number of carboxylic acid groups (broad SMARTS) is 1. The van der Waals surface area contributed by atoms with E-state index in [0.29, 0.717) is 6.54 Å². The fourth-order valence-electron chi connectivity index (χ4n) is 2.78. The lowest BCUT2D eigenvalue weighted by Crippen LogP contribution is -2.53. The predicted molar refractivity (Wildman–Crippen MR) is 73.1 cm³/mol. The quantitative estimate of drug-likeness (QED) is 0.823. The van der Waals surface area contributed by atoms with Gasteiger partial charge < -0.3 is 10.4 Å². The average Bonchev–Trinajstić information content (AvgIpc) is 2.87. The molecular formula is C14H23N3O2. The van der Waals surface area contributed by atoms with E-state index < -0.39 is 11.5 Å². The number of nitrogens with one attached hydrogen (secondary N) is 1. The van der Waals surface area contributed by atoms with Crippen LogP contribution in [0.3, 0.4) is 0 Å². The first kappa shape index (κ1) is 14.1. The van der Waals surface area contributed by atoms with E-state index in [1.807, 2.05) is 17.1 Å². The van der Waals surface area contributed by atoms with Crippen molar-refractivity contribution in [1.29, 1.82) is 0 Å². The summed E-state index contributed by atoms with van der Waals surface area (Å²) in [6.07, 6.45) is 9.37. The summed E-state index contributed by atoms with van der Waals surface area (Å²) in [5.41, 5.74) is 0.463. The summed E-state index contributed by atoms with van der Waals surface area (Å²) in [5, 5.41) is 16.9. The van der Waals surface area contributed by atoms with Gasteiger partial charge in [0.25, 0.3) is 0 Å². The molecule has 0 spiro atoms. The highest BCUT2D eigenvalue weighted by Crippen LogP contribution is 2.28. The summed E-state index contributed by atoms with van der Waals surface area (Å²) in [4.78, 5) is 11.5. The lowest BCUT2D eigenvalue weighted by Gasteiger charge is -2.34. The molecule has 1 aromatic rings. The van der Waals surface area contributed by atoms with Crippen molar-refractivity contribution < 1.29 is 9.90 Å². The van der Waals surface area contributed by atoms with Crippen molar-refractivity contribution in [3.8, 4) is 0 Å². The van der Waals surface area contributed by atoms with Gasteiger partial charge in [-0.1, -0.05) is 19.3 Å². The molecule has 0 unspecified atom stereocenters. The number of aryl methyl sites for hydroxylation is 1. The number of nitrogens with zero attached hydrogens (tertiary/aromatic N) is 2. The van der Waals surface area contributed by atoms with Gasteiger partial charge in [0, 0.05) is 19.3 Å². The molecular weight excluding hydrogens is 242 g/mol. The predicted octanol–water partition coefficient (Wildman–Crippen LogP) is 1.82. The van der Waals surface area contributed by atoms with E-state index in [1.165, 1.54) is 0 Å². The molecule has 0 radical (unpaired) electrons. The van der Waals surface area contributed by atoms with E-state index in [-0.39, 0.29) is 0 Å². The lowest BCUT2D eigenvalue weighted by molar-refractivity contribution is -0.146. The molecule has 1 fully saturated rings. The molecule has 1 aromatic heterocycles. The first-order valence-electron chi connectivity index (χ1n) is 7.16. The number of aliphatic carboxylic acids is 1. The summed E-state index contributed by atoms with van der Waals surface area (Å²) in [7, 11) is 0. The van der Waals surface area contributed by atoms with Crippen LogP contribution in [0.1, 0.15) is 44.6 Å². The number of carboxylic acids is 1. The van der Waals surface area contributed by atoms with Crippen LogP contribution in [-0.2, 0) is 17.8 Å². The van der Waals surface area contributed by atoms with Gasteiger partial charge in [0.1, 0.15) is 5.54 Å². The molecule has 0 saturated heterocycles. The van der Waals surface area contributed by atoms with Crippen LogP contribution in [-0.4, -0.2) is 32.9 Å². The summed E-state index contributed by atoms with van der Waals surface area (Å²) in [6, 6.07) is 0. The van der Waals surface area contributed by atoms with E-state index in [2.05, 4.69) is 17.3 Å². The third-order valence-electron chi connectivity index (χ3n) is 4.00. The molecule has 0 atom stereocenters. The Balaban J connectivity index is 1.87. The Morgan fingerprint density at radius 3 is 2.79 bits per heavy atom. The Hall–Kier alpha value is -1.36. The molecule has 1 saturated carbocycles. The van der Waals surface area contributed by atoms with Crippen LogP contribution in [0.25, 0.3) is 0 Å². The van der Waals surface area contributed by atoms with E-state index >= 15 is 0 Å². The third kappa shape index (κ3) is 3.35. The number of rotatable bonds is 6. The van der Waals surface area contributed by atoms with Crippen LogP contribution < -0.4 is 5.32 Å². The van der Waals surface area contributed by atoms with Crippen LogP contribution in [0.4, 0.5) is 0 Å². The van der Waals surface area contributed by atoms with E-state index in [1.54, 1.807) is 0 Å². The Kier molecular flexibility index (Phi) is 4.58. The minimum absolute atomic E-state index is 0.695. The van der Waals surface area contributed by atoms with E-state index in [9.17, 15) is 9.90 Å². The Morgan fingerprint density at radius 1 is 1.47 bits per heavy atom. The Bertz CT molecular complexity index is 422. The summed E-state index contributed by atoms with van der Waals surface area (Å²) in [5.74, 6) is -0.698. The second-order valence-electron chi connectivity index (χ2n) is 5.33. The molecule has 1 aliphatic rings. The van der Waals surface area contributed by atoms with Crippen molar-refractivity contribution in [2.45, 2.75) is 57.5 Å². The molecule has 5 nitrogen and oxygen atoms in total. The van der Waals surface area contributed by atoms with Crippen molar-refractivity contribution in [3.05, 3.63) is 18.0 Å². The number of hydrogen-bond acceptors (Lipinski definition) is 3. The fraction of sp³-hybridized carbons (Fsp3) is 0.714. The van der Waals surface area contributed by atoms with Crippen LogP contribution in [0.5, 0.6) is 0 Å². The minimum Gasteiger partial charge on any atom is -0.480 e. The molecule has 0 amide bonds. The van der Waals surface area contributed by atoms with E-state index in [0.717, 1.165) is 50.6 Å². The minimum atomic E-state index is -0.698. The molecule has 1 aliphatic carbocycles. The maximum absolute atomic E-state index is 11.5. The van der Waals surface area contributed by atoms with Crippen LogP contribution in [0.2, 0.25) is 0 Å². The van der Waals surface area contributed by atoms with Gasteiger partial charge in [-0.2, -0.15) is 5.10 Å². The maximum Gasteiger partial charge on any atom is 0.323 e. The lowest BCUT2D eigenvalue weighted by atomic mass is 9.81. The Labute approximate surface area is 114 Å². The maximum atomic E-state index is 11.5. The van der Waals surface area contributed by atoms with Crippen LogP contribution in [0, 0.1) is 0 Å². The number of hydrogen-bond donors (Lipinski definition) is 2. The van der Waals surface area contributed by atoms with Crippen LogP contribution in [0.15, 0.2) is 12.4 Å². The highest BCUT2D eigenvalue weighted by molar-refractivity contribution is 5.78. The zero-order chi connectivity index (χ0) is 13.7. The fourth-order valence-corrected chi connectivity index (χ4v) is 2.78. The first-order chi connectivity index (χ1) is 9.16. The van der Waals surface area contributed by atoms with Gasteiger partial charge in [0.2, 0.25) is 0 Å². The molecule has 5 heteroatoms. The second-order valence-corrected chi connectivity index (χ2v) is 5.33. The van der Waals surface area contributed by atoms with Gasteiger partial charge in [-0.25, -0.2) is 0 Å². The largest absolute Gasteiger partial charge is 0.480 e. The van der Waals surface area contributed by atoms with Crippen molar-refractivity contribution in [2.75, 3.05) is 6.54 Å². The van der Waals surface area contributed by atoms with E-state index in [4.69, 9.17) is 0 Å². The number of aromatic nitrogens is 2. The summed E-state index contributed by atoms with van der Waals surface area (Å²) in [6.45, 7) is 3.62. The molecule has 19 heavy (non-hydrogen) atoms. The molecule has 0 aliphatic heterocycles. The summed E-state index contributed by atoms with van der Waals surface area (Å²) >= 11 is 0. The highest BCUT2D eigenvalue weighted by Gasteiger charge is 2.38. The monoisotopic (exact) mass is 265 g/mol. The van der Waals surface area contributed by atoms with Crippen molar-refractivity contribution >= 4 is 5.97 Å². The van der Waals surface area contributed by atoms with Gasteiger partial charge in [-0.15, -0.1) is 0 Å². The van der Waals surface area contributed by atoms with Crippen LogP contribution >= 0.6 is 0 Å². The van der Waals surface area contributed by atoms with Gasteiger partial charge in [-0.3, -0.25) is 9.48 Å². The van der Waals surface area contributed by atoms with Gasteiger partial charge in [-0.05, 0) is 31.7 Å². The Morgan fingerprint density at radius 2 is 2.21 bits per heavy atom. The van der Waals surface area contributed by atoms with Crippen molar-refractivity contribution in [2.24, 2.45) is 0 Å². The topological polar surface area (TPSA) is 67.2 Å². The molecule has 2 N–H and O–H groups in total. The highest BCUT2D eigenvalue weighted by atomic mass is 16.4. The van der Waals surface area contributed by atoms with Gasteiger partial charge >= 0.3 is 5.97 Å².